The molecule has 0 bridgehead atoms. The third kappa shape index (κ3) is 4.88. The largest absolute Gasteiger partial charge is 0.492 e. The maximum Gasteiger partial charge on any atom is 0.324 e. The van der Waals surface area contributed by atoms with Gasteiger partial charge in [0.2, 0.25) is 0 Å². The first-order valence-electron chi connectivity index (χ1n) is 7.20. The van der Waals surface area contributed by atoms with Gasteiger partial charge in [-0.15, -0.1) is 0 Å². The fraction of sp³-hybridized carbons (Fsp3) is 0.533. The van der Waals surface area contributed by atoms with E-state index in [1.54, 1.807) is 6.07 Å². The fourth-order valence-electron chi connectivity index (χ4n) is 2.32. The van der Waals surface area contributed by atoms with Gasteiger partial charge in [0.25, 0.3) is 0 Å². The molecule has 1 fully saturated rings. The monoisotopic (exact) mass is 312 g/mol. The summed E-state index contributed by atoms with van der Waals surface area (Å²) in [6.45, 7) is 5.71. The van der Waals surface area contributed by atoms with E-state index < -0.39 is 0 Å². The molecular weight excluding hydrogens is 292 g/mol. The maximum atomic E-state index is 11.9. The van der Waals surface area contributed by atoms with Crippen LogP contribution in [0, 0.1) is 0 Å². The molecule has 1 N–H and O–H groups in total. The molecular formula is C15H21ClN2O3. The van der Waals surface area contributed by atoms with Crippen molar-refractivity contribution < 1.29 is 14.3 Å². The number of nitrogens with zero attached hydrogens (tertiary/aromatic N) is 1. The van der Waals surface area contributed by atoms with Crippen LogP contribution in [0.1, 0.15) is 6.92 Å². The van der Waals surface area contributed by atoms with Gasteiger partial charge in [-0.25, -0.2) is 0 Å². The number of benzene rings is 1. The van der Waals surface area contributed by atoms with Crippen LogP contribution >= 0.6 is 11.6 Å². The number of carbonyl (C=O) groups is 1. The van der Waals surface area contributed by atoms with Gasteiger partial charge in [0.05, 0.1) is 6.61 Å². The lowest BCUT2D eigenvalue weighted by atomic mass is 10.2. The van der Waals surface area contributed by atoms with Crippen LogP contribution in [-0.2, 0) is 9.53 Å². The summed E-state index contributed by atoms with van der Waals surface area (Å²) >= 11 is 5.91. The van der Waals surface area contributed by atoms with E-state index in [1.807, 2.05) is 25.1 Å². The number of ether oxygens (including phenoxy) is 2. The molecule has 1 unspecified atom stereocenters. The molecule has 5 nitrogen and oxygen atoms in total. The number of nitrogens with one attached hydrogen (secondary N) is 1. The van der Waals surface area contributed by atoms with Gasteiger partial charge in [0.1, 0.15) is 18.4 Å². The molecule has 1 saturated heterocycles. The van der Waals surface area contributed by atoms with Crippen molar-refractivity contribution in [1.29, 1.82) is 0 Å². The summed E-state index contributed by atoms with van der Waals surface area (Å²) in [5, 5.41) is 3.87. The van der Waals surface area contributed by atoms with E-state index in [-0.39, 0.29) is 12.0 Å². The van der Waals surface area contributed by atoms with E-state index in [9.17, 15) is 4.79 Å². The van der Waals surface area contributed by atoms with Crippen molar-refractivity contribution in [2.75, 3.05) is 39.4 Å². The topological polar surface area (TPSA) is 50.8 Å². The van der Waals surface area contributed by atoms with Gasteiger partial charge < -0.3 is 14.8 Å². The van der Waals surface area contributed by atoms with Crippen molar-refractivity contribution >= 4 is 17.6 Å². The lowest BCUT2D eigenvalue weighted by Crippen LogP contribution is -2.56. The van der Waals surface area contributed by atoms with Crippen LogP contribution in [0.15, 0.2) is 24.3 Å². The molecule has 1 aromatic rings. The highest BCUT2D eigenvalue weighted by Gasteiger charge is 2.29. The minimum Gasteiger partial charge on any atom is -0.492 e. The SMILES string of the molecule is CCOC(=O)C1CNCCN1CCOc1cccc(Cl)c1. The number of carbonyl (C=O) groups excluding carboxylic acids is 1. The Morgan fingerprint density at radius 2 is 2.38 bits per heavy atom. The Bertz CT molecular complexity index is 470. The van der Waals surface area contributed by atoms with Gasteiger partial charge in [-0.05, 0) is 25.1 Å². The van der Waals surface area contributed by atoms with Crippen LogP contribution in [0.4, 0.5) is 0 Å². The summed E-state index contributed by atoms with van der Waals surface area (Å²) in [4.78, 5) is 14.0. The van der Waals surface area contributed by atoms with E-state index in [0.29, 0.717) is 31.3 Å². The molecule has 116 valence electrons. The van der Waals surface area contributed by atoms with E-state index in [4.69, 9.17) is 21.1 Å². The normalized spacial score (nSPS) is 19.2. The zero-order valence-corrected chi connectivity index (χ0v) is 12.9. The van der Waals surface area contributed by atoms with Crippen LogP contribution in [0.2, 0.25) is 5.02 Å². The Kier molecular flexibility index (Phi) is 6.29. The van der Waals surface area contributed by atoms with Crippen molar-refractivity contribution in [2.45, 2.75) is 13.0 Å². The molecule has 1 aliphatic heterocycles. The average Bonchev–Trinajstić information content (AvgIpc) is 2.48. The van der Waals surface area contributed by atoms with Crippen LogP contribution in [0.3, 0.4) is 0 Å². The van der Waals surface area contributed by atoms with Crippen LogP contribution in [-0.4, -0.2) is 56.3 Å². The Labute approximate surface area is 130 Å². The highest BCUT2D eigenvalue weighted by Crippen LogP contribution is 2.17. The van der Waals surface area contributed by atoms with Gasteiger partial charge in [-0.3, -0.25) is 9.69 Å². The van der Waals surface area contributed by atoms with Crippen molar-refractivity contribution in [3.05, 3.63) is 29.3 Å². The molecule has 0 saturated carbocycles. The first-order valence-corrected chi connectivity index (χ1v) is 7.58. The van der Waals surface area contributed by atoms with Crippen LogP contribution in [0.25, 0.3) is 0 Å². The predicted molar refractivity (Wildman–Crippen MR) is 81.8 cm³/mol. The summed E-state index contributed by atoms with van der Waals surface area (Å²) in [6.07, 6.45) is 0. The predicted octanol–water partition coefficient (Wildman–Crippen LogP) is 1.56. The smallest absolute Gasteiger partial charge is 0.324 e. The van der Waals surface area contributed by atoms with Gasteiger partial charge in [-0.2, -0.15) is 0 Å². The van der Waals surface area contributed by atoms with Crippen LogP contribution in [0.5, 0.6) is 5.75 Å². The highest BCUT2D eigenvalue weighted by molar-refractivity contribution is 6.30. The lowest BCUT2D eigenvalue weighted by molar-refractivity contribution is -0.150. The third-order valence-electron chi connectivity index (χ3n) is 3.36. The van der Waals surface area contributed by atoms with E-state index >= 15 is 0 Å². The maximum absolute atomic E-state index is 11.9. The highest BCUT2D eigenvalue weighted by atomic mass is 35.5. The van der Waals surface area contributed by atoms with Crippen molar-refractivity contribution in [3.8, 4) is 5.75 Å². The average molecular weight is 313 g/mol. The number of rotatable bonds is 6. The quantitative estimate of drug-likeness (QED) is 0.808. The second kappa shape index (κ2) is 8.22. The number of halogens is 1. The summed E-state index contributed by atoms with van der Waals surface area (Å²) in [7, 11) is 0. The molecule has 0 radical (unpaired) electrons. The molecule has 1 atom stereocenters. The molecule has 0 aliphatic carbocycles. The molecule has 1 aliphatic rings. The van der Waals surface area contributed by atoms with Crippen molar-refractivity contribution in [3.63, 3.8) is 0 Å². The summed E-state index contributed by atoms with van der Waals surface area (Å²) in [5.41, 5.74) is 0. The zero-order chi connectivity index (χ0) is 15.1. The van der Waals surface area contributed by atoms with Crippen molar-refractivity contribution in [2.24, 2.45) is 0 Å². The van der Waals surface area contributed by atoms with Gasteiger partial charge in [-0.1, -0.05) is 17.7 Å². The second-order valence-electron chi connectivity index (χ2n) is 4.81. The van der Waals surface area contributed by atoms with E-state index in [1.165, 1.54) is 0 Å². The second-order valence-corrected chi connectivity index (χ2v) is 5.25. The number of hydrogen-bond donors (Lipinski definition) is 1. The Morgan fingerprint density at radius 1 is 1.52 bits per heavy atom. The number of esters is 1. The molecule has 2 rings (SSSR count). The Hall–Kier alpha value is -1.30. The first kappa shape index (κ1) is 16.1. The molecule has 0 spiro atoms. The summed E-state index contributed by atoms with van der Waals surface area (Å²) < 4.78 is 10.8. The van der Waals surface area contributed by atoms with Gasteiger partial charge >= 0.3 is 5.97 Å². The third-order valence-corrected chi connectivity index (χ3v) is 3.59. The van der Waals surface area contributed by atoms with Crippen molar-refractivity contribution in [1.82, 2.24) is 10.2 Å². The van der Waals surface area contributed by atoms with Gasteiger partial charge in [0.15, 0.2) is 0 Å². The molecule has 1 heterocycles. The summed E-state index contributed by atoms with van der Waals surface area (Å²) in [6, 6.07) is 7.07. The molecule has 6 heteroatoms. The minimum atomic E-state index is -0.235. The van der Waals surface area contributed by atoms with Gasteiger partial charge in [0, 0.05) is 31.2 Å². The lowest BCUT2D eigenvalue weighted by Gasteiger charge is -2.34. The zero-order valence-electron chi connectivity index (χ0n) is 12.2. The summed E-state index contributed by atoms with van der Waals surface area (Å²) in [5.74, 6) is 0.567. The standard InChI is InChI=1S/C15H21ClN2O3/c1-2-20-15(19)14-11-17-6-7-18(14)8-9-21-13-5-3-4-12(16)10-13/h3-5,10,14,17H,2,6-9,11H2,1H3. The molecule has 0 aromatic heterocycles. The Balaban J connectivity index is 1.83. The molecule has 0 amide bonds. The van der Waals surface area contributed by atoms with E-state index in [0.717, 1.165) is 18.8 Å². The Morgan fingerprint density at radius 3 is 3.14 bits per heavy atom. The number of hydrogen-bond acceptors (Lipinski definition) is 5. The van der Waals surface area contributed by atoms with E-state index in [2.05, 4.69) is 10.2 Å². The molecule has 21 heavy (non-hydrogen) atoms. The molecule has 1 aromatic carbocycles. The van der Waals surface area contributed by atoms with Crippen LogP contribution < -0.4 is 10.1 Å². The number of piperazine rings is 1. The fourth-order valence-corrected chi connectivity index (χ4v) is 2.50. The minimum absolute atomic E-state index is 0.174. The first-order chi connectivity index (χ1) is 10.2.